The maximum Gasteiger partial charge on any atom is 0.266 e. The largest absolute Gasteiger partial charge is 0.486 e. The first kappa shape index (κ1) is 18.8. The van der Waals surface area contributed by atoms with Gasteiger partial charge in [-0.25, -0.2) is 4.98 Å². The Hall–Kier alpha value is -3.91. The van der Waals surface area contributed by atoms with Gasteiger partial charge >= 0.3 is 0 Å². The average molecular weight is 446 g/mol. The molecule has 1 aliphatic heterocycles. The highest BCUT2D eigenvalue weighted by Crippen LogP contribution is 2.33. The topological polar surface area (TPSA) is 83.5 Å². The molecule has 2 aromatic carbocycles. The highest BCUT2D eigenvalue weighted by molar-refractivity contribution is 6.31. The molecule has 0 fully saturated rings. The first-order valence-corrected chi connectivity index (χ1v) is 10.4. The van der Waals surface area contributed by atoms with Crippen molar-refractivity contribution in [3.8, 4) is 28.6 Å². The number of ether oxygens (including phenoxy) is 2. The van der Waals surface area contributed by atoms with Gasteiger partial charge in [0.05, 0.1) is 16.6 Å². The minimum absolute atomic E-state index is 0.215. The van der Waals surface area contributed by atoms with E-state index in [1.165, 1.54) is 6.20 Å². The average Bonchev–Trinajstić information content (AvgIpc) is 3.26. The predicted octanol–water partition coefficient (Wildman–Crippen LogP) is 3.83. The lowest BCUT2D eigenvalue weighted by Crippen LogP contribution is -2.18. The summed E-state index contributed by atoms with van der Waals surface area (Å²) in [6.45, 7) is 2.95. The Balaban J connectivity index is 1.49. The van der Waals surface area contributed by atoms with Crippen LogP contribution in [0.25, 0.3) is 33.8 Å². The number of benzene rings is 2. The molecule has 0 aliphatic carbocycles. The van der Waals surface area contributed by atoms with Crippen molar-refractivity contribution in [2.75, 3.05) is 13.2 Å². The van der Waals surface area contributed by atoms with E-state index in [1.54, 1.807) is 21.3 Å². The van der Waals surface area contributed by atoms with E-state index in [-0.39, 0.29) is 5.56 Å². The second-order valence-corrected chi connectivity index (χ2v) is 7.89. The van der Waals surface area contributed by atoms with Crippen LogP contribution in [0.15, 0.2) is 59.7 Å². The maximum absolute atomic E-state index is 13.2. The molecule has 4 heterocycles. The molecule has 6 rings (SSSR count). The van der Waals surface area contributed by atoms with Gasteiger partial charge in [-0.1, -0.05) is 17.7 Å². The quantitative estimate of drug-likeness (QED) is 0.410. The first-order valence-electron chi connectivity index (χ1n) is 10.0. The van der Waals surface area contributed by atoms with Crippen molar-refractivity contribution in [3.05, 3.63) is 75.8 Å². The molecular weight excluding hydrogens is 430 g/mol. The lowest BCUT2D eigenvalue weighted by molar-refractivity contribution is 0.171. The Kier molecular flexibility index (Phi) is 4.16. The van der Waals surface area contributed by atoms with Crippen LogP contribution in [0.1, 0.15) is 5.56 Å². The van der Waals surface area contributed by atoms with Crippen molar-refractivity contribution in [3.63, 3.8) is 0 Å². The number of aromatic nitrogens is 5. The van der Waals surface area contributed by atoms with Gasteiger partial charge in [0.2, 0.25) is 0 Å². The molecule has 0 atom stereocenters. The molecular formula is C23H16ClN5O3. The van der Waals surface area contributed by atoms with E-state index >= 15 is 0 Å². The van der Waals surface area contributed by atoms with Gasteiger partial charge in [-0.05, 0) is 48.9 Å². The standard InChI is InChI=1S/C23H16ClN5O3/c1-13-2-4-15(11-17(13)24)28-7-6-18-16(22(28)30)12-25-23-26-21(27-29(18)23)14-3-5-19-20(10-14)32-9-8-31-19/h2-7,10-12H,8-9H2,1H3. The zero-order chi connectivity index (χ0) is 21.8. The molecule has 0 bridgehead atoms. The highest BCUT2D eigenvalue weighted by Gasteiger charge is 2.17. The lowest BCUT2D eigenvalue weighted by Gasteiger charge is -2.18. The normalized spacial score (nSPS) is 13.1. The molecule has 0 spiro atoms. The summed E-state index contributed by atoms with van der Waals surface area (Å²) in [5, 5.41) is 5.63. The summed E-state index contributed by atoms with van der Waals surface area (Å²) in [4.78, 5) is 22.1. The molecule has 8 nitrogen and oxygen atoms in total. The second-order valence-electron chi connectivity index (χ2n) is 7.49. The van der Waals surface area contributed by atoms with E-state index in [0.29, 0.717) is 57.9 Å². The Morgan fingerprint density at radius 2 is 1.88 bits per heavy atom. The van der Waals surface area contributed by atoms with Crippen LogP contribution in [0.3, 0.4) is 0 Å². The molecule has 9 heteroatoms. The number of nitrogens with zero attached hydrogens (tertiary/aromatic N) is 5. The van der Waals surface area contributed by atoms with Crippen LogP contribution >= 0.6 is 11.6 Å². The third kappa shape index (κ3) is 2.91. The fourth-order valence-corrected chi connectivity index (χ4v) is 3.93. The van der Waals surface area contributed by atoms with Crippen LogP contribution in [-0.2, 0) is 0 Å². The summed E-state index contributed by atoms with van der Waals surface area (Å²) in [6, 6.07) is 12.9. The minimum Gasteiger partial charge on any atom is -0.486 e. The van der Waals surface area contributed by atoms with Crippen molar-refractivity contribution in [1.82, 2.24) is 24.1 Å². The van der Waals surface area contributed by atoms with Crippen LogP contribution in [0.2, 0.25) is 5.02 Å². The summed E-state index contributed by atoms with van der Waals surface area (Å²) in [5.41, 5.74) is 2.81. The number of rotatable bonds is 2. The van der Waals surface area contributed by atoms with Crippen molar-refractivity contribution in [1.29, 1.82) is 0 Å². The molecule has 32 heavy (non-hydrogen) atoms. The summed E-state index contributed by atoms with van der Waals surface area (Å²) >= 11 is 6.25. The SMILES string of the molecule is Cc1ccc(-n2ccc3c(cnc4nc(-c5ccc6c(c5)OCCO6)nn43)c2=O)cc1Cl. The molecule has 0 radical (unpaired) electrons. The Bertz CT molecular complexity index is 1590. The molecule has 0 saturated heterocycles. The summed E-state index contributed by atoms with van der Waals surface area (Å²) in [5.74, 6) is 2.24. The third-order valence-corrected chi connectivity index (χ3v) is 5.88. The Morgan fingerprint density at radius 3 is 2.72 bits per heavy atom. The molecule has 0 amide bonds. The Morgan fingerprint density at radius 1 is 1.03 bits per heavy atom. The van der Waals surface area contributed by atoms with Crippen molar-refractivity contribution < 1.29 is 9.47 Å². The molecule has 0 N–H and O–H groups in total. The zero-order valence-electron chi connectivity index (χ0n) is 16.9. The minimum atomic E-state index is -0.215. The number of hydrogen-bond donors (Lipinski definition) is 0. The first-order chi connectivity index (χ1) is 15.6. The van der Waals surface area contributed by atoms with E-state index in [4.69, 9.17) is 21.1 Å². The van der Waals surface area contributed by atoms with Crippen LogP contribution in [0.5, 0.6) is 11.5 Å². The highest BCUT2D eigenvalue weighted by atomic mass is 35.5. The molecule has 3 aromatic heterocycles. The molecule has 0 saturated carbocycles. The number of pyridine rings is 1. The molecule has 158 valence electrons. The number of halogens is 1. The van der Waals surface area contributed by atoms with Crippen molar-refractivity contribution in [2.24, 2.45) is 0 Å². The fraction of sp³-hybridized carbons (Fsp3) is 0.130. The third-order valence-electron chi connectivity index (χ3n) is 5.47. The van der Waals surface area contributed by atoms with Crippen molar-refractivity contribution in [2.45, 2.75) is 6.92 Å². The van der Waals surface area contributed by atoms with Gasteiger partial charge < -0.3 is 9.47 Å². The van der Waals surface area contributed by atoms with E-state index in [9.17, 15) is 4.79 Å². The van der Waals surface area contributed by atoms with Gasteiger partial charge in [0.25, 0.3) is 11.3 Å². The maximum atomic E-state index is 13.2. The smallest absolute Gasteiger partial charge is 0.266 e. The van der Waals surface area contributed by atoms with Crippen LogP contribution in [0, 0.1) is 6.92 Å². The predicted molar refractivity (Wildman–Crippen MR) is 120 cm³/mol. The van der Waals surface area contributed by atoms with Gasteiger partial charge in [-0.3, -0.25) is 9.36 Å². The van der Waals surface area contributed by atoms with Gasteiger partial charge in [-0.15, -0.1) is 5.10 Å². The van der Waals surface area contributed by atoms with E-state index in [1.807, 2.05) is 43.3 Å². The van der Waals surface area contributed by atoms with Gasteiger partial charge in [0, 0.05) is 23.0 Å². The van der Waals surface area contributed by atoms with E-state index < -0.39 is 0 Å². The molecule has 0 unspecified atom stereocenters. The van der Waals surface area contributed by atoms with Gasteiger partial charge in [0.15, 0.2) is 17.3 Å². The number of aryl methyl sites for hydroxylation is 1. The monoisotopic (exact) mass is 445 g/mol. The number of hydrogen-bond acceptors (Lipinski definition) is 6. The van der Waals surface area contributed by atoms with Crippen LogP contribution in [-0.4, -0.2) is 37.4 Å². The van der Waals surface area contributed by atoms with E-state index in [0.717, 1.165) is 11.1 Å². The van der Waals surface area contributed by atoms with E-state index in [2.05, 4.69) is 15.1 Å². The zero-order valence-corrected chi connectivity index (χ0v) is 17.7. The lowest BCUT2D eigenvalue weighted by atomic mass is 10.2. The number of fused-ring (bicyclic) bond motifs is 4. The molecule has 1 aliphatic rings. The fourth-order valence-electron chi connectivity index (χ4n) is 3.76. The van der Waals surface area contributed by atoms with Gasteiger partial charge in [0.1, 0.15) is 13.2 Å². The molecule has 5 aromatic rings. The summed E-state index contributed by atoms with van der Waals surface area (Å²) < 4.78 is 14.4. The summed E-state index contributed by atoms with van der Waals surface area (Å²) in [6.07, 6.45) is 3.23. The Labute approximate surface area is 186 Å². The van der Waals surface area contributed by atoms with Crippen LogP contribution < -0.4 is 15.0 Å². The van der Waals surface area contributed by atoms with Crippen LogP contribution in [0.4, 0.5) is 0 Å². The summed E-state index contributed by atoms with van der Waals surface area (Å²) in [7, 11) is 0. The van der Waals surface area contributed by atoms with Gasteiger partial charge in [-0.2, -0.15) is 9.50 Å². The van der Waals surface area contributed by atoms with Crippen molar-refractivity contribution >= 4 is 28.3 Å². The second kappa shape index (κ2) is 7.06.